The number of hydrogen-bond acceptors (Lipinski definition) is 1. The van der Waals surface area contributed by atoms with Crippen molar-refractivity contribution in [3.63, 3.8) is 0 Å². The Labute approximate surface area is 83.5 Å². The highest BCUT2D eigenvalue weighted by Crippen LogP contribution is 2.26. The number of nitrogens with zero attached hydrogens (tertiary/aromatic N) is 1. The van der Waals surface area contributed by atoms with Crippen LogP contribution in [0.4, 0.5) is 0 Å². The molecule has 3 rings (SSSR count). The average molecular weight is 186 g/mol. The van der Waals surface area contributed by atoms with Crippen molar-refractivity contribution in [1.29, 1.82) is 0 Å². The Kier molecular flexibility index (Phi) is 1.64. The fourth-order valence-electron chi connectivity index (χ4n) is 2.41. The van der Waals surface area contributed by atoms with Gasteiger partial charge in [-0.15, -0.1) is 0 Å². The Hall–Kier alpha value is -1.28. The third-order valence-electron chi connectivity index (χ3n) is 3.16. The lowest BCUT2D eigenvalue weighted by atomic mass is 10.1. The molecule has 0 spiro atoms. The normalized spacial score (nSPS) is 15.8. The molecule has 0 radical (unpaired) electrons. The number of rotatable bonds is 0. The molecule has 0 fully saturated rings. The summed E-state index contributed by atoms with van der Waals surface area (Å²) in [6, 6.07) is 8.68. The van der Waals surface area contributed by atoms with Gasteiger partial charge in [0.15, 0.2) is 0 Å². The number of para-hydroxylation sites is 1. The lowest BCUT2D eigenvalue weighted by Gasteiger charge is -2.17. The van der Waals surface area contributed by atoms with Gasteiger partial charge in [0.05, 0.1) is 0 Å². The van der Waals surface area contributed by atoms with Crippen molar-refractivity contribution in [2.75, 3.05) is 6.54 Å². The molecular weight excluding hydrogens is 172 g/mol. The first-order valence-corrected chi connectivity index (χ1v) is 5.15. The largest absolute Gasteiger partial charge is 0.342 e. The van der Waals surface area contributed by atoms with Gasteiger partial charge >= 0.3 is 0 Å². The van der Waals surface area contributed by atoms with Crippen LogP contribution >= 0.6 is 0 Å². The van der Waals surface area contributed by atoms with Crippen molar-refractivity contribution in [1.82, 2.24) is 9.88 Å². The van der Waals surface area contributed by atoms with E-state index < -0.39 is 0 Å². The smallest absolute Gasteiger partial charge is 0.0486 e. The minimum atomic E-state index is 1.01. The van der Waals surface area contributed by atoms with Crippen LogP contribution in [0.15, 0.2) is 24.3 Å². The molecule has 0 saturated heterocycles. The van der Waals surface area contributed by atoms with E-state index in [1.807, 2.05) is 0 Å². The van der Waals surface area contributed by atoms with Crippen LogP contribution in [-0.4, -0.2) is 11.1 Å². The second-order valence-corrected chi connectivity index (χ2v) is 3.92. The van der Waals surface area contributed by atoms with Crippen LogP contribution < -0.4 is 5.32 Å². The van der Waals surface area contributed by atoms with Crippen LogP contribution in [0.1, 0.15) is 11.3 Å². The fraction of sp³-hybridized carbons (Fsp3) is 0.333. The van der Waals surface area contributed by atoms with Gasteiger partial charge in [-0.25, -0.2) is 0 Å². The van der Waals surface area contributed by atoms with Crippen molar-refractivity contribution >= 4 is 10.9 Å². The minimum absolute atomic E-state index is 1.01. The highest BCUT2D eigenvalue weighted by molar-refractivity contribution is 5.85. The summed E-state index contributed by atoms with van der Waals surface area (Å²) in [6.07, 6.45) is 0. The maximum atomic E-state index is 3.42. The maximum absolute atomic E-state index is 3.42. The molecule has 1 aromatic carbocycles. The van der Waals surface area contributed by atoms with Crippen LogP contribution in [-0.2, 0) is 13.1 Å². The molecule has 1 aliphatic rings. The Balaban J connectivity index is 2.41. The van der Waals surface area contributed by atoms with E-state index >= 15 is 0 Å². The summed E-state index contributed by atoms with van der Waals surface area (Å²) >= 11 is 0. The summed E-state index contributed by atoms with van der Waals surface area (Å²) in [5.41, 5.74) is 4.28. The van der Waals surface area contributed by atoms with Gasteiger partial charge in [0, 0.05) is 36.2 Å². The van der Waals surface area contributed by atoms with Gasteiger partial charge < -0.3 is 9.88 Å². The molecule has 0 atom stereocenters. The van der Waals surface area contributed by atoms with Gasteiger partial charge in [0.25, 0.3) is 0 Å². The van der Waals surface area contributed by atoms with Crippen molar-refractivity contribution in [3.8, 4) is 0 Å². The van der Waals surface area contributed by atoms with E-state index in [2.05, 4.69) is 41.1 Å². The molecule has 2 heterocycles. The zero-order valence-corrected chi connectivity index (χ0v) is 8.38. The van der Waals surface area contributed by atoms with Crippen molar-refractivity contribution in [3.05, 3.63) is 35.5 Å². The molecule has 0 amide bonds. The van der Waals surface area contributed by atoms with Gasteiger partial charge in [-0.3, -0.25) is 0 Å². The molecule has 1 aromatic heterocycles. The summed E-state index contributed by atoms with van der Waals surface area (Å²) in [4.78, 5) is 0. The summed E-state index contributed by atoms with van der Waals surface area (Å²) in [7, 11) is 0. The van der Waals surface area contributed by atoms with E-state index in [1.165, 1.54) is 22.2 Å². The van der Waals surface area contributed by atoms with Gasteiger partial charge in [0.1, 0.15) is 0 Å². The molecule has 2 nitrogen and oxygen atoms in total. The zero-order valence-electron chi connectivity index (χ0n) is 8.38. The van der Waals surface area contributed by atoms with E-state index in [4.69, 9.17) is 0 Å². The number of benzene rings is 1. The highest BCUT2D eigenvalue weighted by Gasteiger charge is 2.15. The van der Waals surface area contributed by atoms with Crippen molar-refractivity contribution in [2.24, 2.45) is 0 Å². The maximum Gasteiger partial charge on any atom is 0.0486 e. The van der Waals surface area contributed by atoms with E-state index in [0.717, 1.165) is 19.6 Å². The predicted molar refractivity (Wildman–Crippen MR) is 58.4 cm³/mol. The van der Waals surface area contributed by atoms with Crippen LogP contribution in [0.3, 0.4) is 0 Å². The van der Waals surface area contributed by atoms with Crippen LogP contribution in [0, 0.1) is 6.92 Å². The second-order valence-electron chi connectivity index (χ2n) is 3.92. The summed E-state index contributed by atoms with van der Waals surface area (Å²) < 4.78 is 2.45. The topological polar surface area (TPSA) is 17.0 Å². The van der Waals surface area contributed by atoms with Crippen LogP contribution in [0.5, 0.6) is 0 Å². The molecule has 72 valence electrons. The lowest BCUT2D eigenvalue weighted by Crippen LogP contribution is -2.27. The number of aryl methyl sites for hydroxylation is 1. The highest BCUT2D eigenvalue weighted by atomic mass is 15.1. The number of fused-ring (bicyclic) bond motifs is 3. The van der Waals surface area contributed by atoms with Crippen molar-refractivity contribution < 1.29 is 0 Å². The van der Waals surface area contributed by atoms with Gasteiger partial charge in [-0.1, -0.05) is 18.2 Å². The summed E-state index contributed by atoms with van der Waals surface area (Å²) in [5.74, 6) is 0. The van der Waals surface area contributed by atoms with Crippen LogP contribution in [0.25, 0.3) is 10.9 Å². The Morgan fingerprint density at radius 1 is 1.29 bits per heavy atom. The van der Waals surface area contributed by atoms with Crippen LogP contribution in [0.2, 0.25) is 0 Å². The molecule has 0 aliphatic carbocycles. The number of nitrogens with one attached hydrogen (secondary N) is 1. The first-order valence-electron chi connectivity index (χ1n) is 5.15. The third-order valence-corrected chi connectivity index (χ3v) is 3.16. The van der Waals surface area contributed by atoms with E-state index in [0.29, 0.717) is 0 Å². The molecular formula is C12H14N2. The third kappa shape index (κ3) is 0.946. The molecule has 0 saturated carbocycles. The van der Waals surface area contributed by atoms with E-state index in [1.54, 1.807) is 0 Å². The number of hydrogen-bond donors (Lipinski definition) is 1. The van der Waals surface area contributed by atoms with Gasteiger partial charge in [-0.05, 0) is 18.6 Å². The first kappa shape index (κ1) is 8.06. The summed E-state index contributed by atoms with van der Waals surface area (Å²) in [6.45, 7) is 5.43. The lowest BCUT2D eigenvalue weighted by molar-refractivity contribution is 0.524. The van der Waals surface area contributed by atoms with E-state index in [9.17, 15) is 0 Å². The fourth-order valence-corrected chi connectivity index (χ4v) is 2.41. The molecule has 0 unspecified atom stereocenters. The Bertz CT molecular complexity index is 482. The molecule has 0 bridgehead atoms. The van der Waals surface area contributed by atoms with Gasteiger partial charge in [0.2, 0.25) is 0 Å². The predicted octanol–water partition coefficient (Wildman–Crippen LogP) is 2.05. The minimum Gasteiger partial charge on any atom is -0.342 e. The standard InChI is InChI=1S/C12H14N2/c1-9-10-4-2-3-5-11(10)14-7-6-13-8-12(9)14/h2-5,13H,6-8H2,1H3. The monoisotopic (exact) mass is 186 g/mol. The first-order chi connectivity index (χ1) is 6.88. The summed E-state index contributed by atoms with van der Waals surface area (Å²) in [5, 5.41) is 4.83. The molecule has 14 heavy (non-hydrogen) atoms. The SMILES string of the molecule is Cc1c2n(c3ccccc13)CCNC2. The second kappa shape index (κ2) is 2.85. The Morgan fingerprint density at radius 3 is 3.07 bits per heavy atom. The van der Waals surface area contributed by atoms with Crippen molar-refractivity contribution in [2.45, 2.75) is 20.0 Å². The Morgan fingerprint density at radius 2 is 2.14 bits per heavy atom. The molecule has 1 aliphatic heterocycles. The average Bonchev–Trinajstić information content (AvgIpc) is 2.55. The van der Waals surface area contributed by atoms with E-state index in [-0.39, 0.29) is 0 Å². The quantitative estimate of drug-likeness (QED) is 0.666. The number of aromatic nitrogens is 1. The molecule has 2 heteroatoms. The van der Waals surface area contributed by atoms with Gasteiger partial charge in [-0.2, -0.15) is 0 Å². The molecule has 1 N–H and O–H groups in total. The zero-order chi connectivity index (χ0) is 9.54. The molecule has 2 aromatic rings.